The second-order valence-electron chi connectivity index (χ2n) is 7.49. The van der Waals surface area contributed by atoms with Crippen LogP contribution in [0.25, 0.3) is 0 Å². The van der Waals surface area contributed by atoms with Gasteiger partial charge in [0.2, 0.25) is 0 Å². The van der Waals surface area contributed by atoms with Gasteiger partial charge < -0.3 is 10.1 Å². The number of ether oxygens (including phenoxy) is 1. The maximum absolute atomic E-state index is 12.4. The molecule has 1 saturated carbocycles. The molecule has 2 unspecified atom stereocenters. The predicted molar refractivity (Wildman–Crippen MR) is 84.6 cm³/mol. The number of nitrogens with one attached hydrogen (secondary N) is 1. The molecule has 2 aliphatic rings. The van der Waals surface area contributed by atoms with E-state index in [-0.39, 0.29) is 17.5 Å². The monoisotopic (exact) mass is 287 g/mol. The lowest BCUT2D eigenvalue weighted by Crippen LogP contribution is -2.34. The molecule has 114 valence electrons. The molecule has 2 atom stereocenters. The number of anilines is 1. The summed E-state index contributed by atoms with van der Waals surface area (Å²) >= 11 is 0. The SMILES string of the molecule is CC1CC(OC(=O)c2ccc3c(c2)CCN3)CC(C)(C)C1. The van der Waals surface area contributed by atoms with E-state index in [1.165, 1.54) is 12.0 Å². The molecule has 3 nitrogen and oxygen atoms in total. The van der Waals surface area contributed by atoms with E-state index >= 15 is 0 Å². The van der Waals surface area contributed by atoms with Gasteiger partial charge in [-0.3, -0.25) is 0 Å². The number of fused-ring (bicyclic) bond motifs is 1. The summed E-state index contributed by atoms with van der Waals surface area (Å²) in [6.07, 6.45) is 4.22. The quantitative estimate of drug-likeness (QED) is 0.835. The first-order valence-corrected chi connectivity index (χ1v) is 8.01. The Kier molecular flexibility index (Phi) is 3.68. The van der Waals surface area contributed by atoms with E-state index in [0.717, 1.165) is 31.5 Å². The van der Waals surface area contributed by atoms with Crippen molar-refractivity contribution in [3.63, 3.8) is 0 Å². The summed E-state index contributed by atoms with van der Waals surface area (Å²) in [6, 6.07) is 5.85. The maximum Gasteiger partial charge on any atom is 0.338 e. The van der Waals surface area contributed by atoms with Gasteiger partial charge in [0.25, 0.3) is 0 Å². The van der Waals surface area contributed by atoms with Gasteiger partial charge in [-0.1, -0.05) is 20.8 Å². The number of hydrogen-bond acceptors (Lipinski definition) is 3. The number of rotatable bonds is 2. The van der Waals surface area contributed by atoms with Gasteiger partial charge in [-0.05, 0) is 60.8 Å². The van der Waals surface area contributed by atoms with E-state index in [2.05, 4.69) is 26.1 Å². The molecule has 1 aromatic rings. The van der Waals surface area contributed by atoms with Crippen molar-refractivity contribution < 1.29 is 9.53 Å². The maximum atomic E-state index is 12.4. The van der Waals surface area contributed by atoms with E-state index in [9.17, 15) is 4.79 Å². The molecular formula is C18H25NO2. The van der Waals surface area contributed by atoms with Gasteiger partial charge in [-0.25, -0.2) is 4.79 Å². The molecule has 0 aromatic heterocycles. The third-order valence-electron chi connectivity index (χ3n) is 4.67. The molecule has 3 heteroatoms. The van der Waals surface area contributed by atoms with Gasteiger partial charge in [0.05, 0.1) is 5.56 Å². The van der Waals surface area contributed by atoms with Crippen molar-refractivity contribution in [1.29, 1.82) is 0 Å². The minimum Gasteiger partial charge on any atom is -0.459 e. The average molecular weight is 287 g/mol. The van der Waals surface area contributed by atoms with E-state index < -0.39 is 0 Å². The van der Waals surface area contributed by atoms with Crippen LogP contribution in [0, 0.1) is 11.3 Å². The highest BCUT2D eigenvalue weighted by molar-refractivity contribution is 5.90. The van der Waals surface area contributed by atoms with Crippen molar-refractivity contribution in [2.45, 2.75) is 52.6 Å². The summed E-state index contributed by atoms with van der Waals surface area (Å²) in [7, 11) is 0. The Bertz CT molecular complexity index is 550. The van der Waals surface area contributed by atoms with Crippen LogP contribution >= 0.6 is 0 Å². The molecule has 1 fully saturated rings. The standard InChI is InChI=1S/C18H25NO2/c1-12-8-15(11-18(2,3)10-12)21-17(20)14-4-5-16-13(9-14)6-7-19-16/h4-5,9,12,15,19H,6-8,10-11H2,1-3H3. The smallest absolute Gasteiger partial charge is 0.338 e. The van der Waals surface area contributed by atoms with Crippen molar-refractivity contribution in [1.82, 2.24) is 0 Å². The molecule has 0 amide bonds. The Morgan fingerprint density at radius 1 is 1.33 bits per heavy atom. The van der Waals surface area contributed by atoms with Crippen LogP contribution in [0.3, 0.4) is 0 Å². The fraction of sp³-hybridized carbons (Fsp3) is 0.611. The Morgan fingerprint density at radius 2 is 2.14 bits per heavy atom. The minimum absolute atomic E-state index is 0.0580. The third kappa shape index (κ3) is 3.22. The van der Waals surface area contributed by atoms with Crippen LogP contribution in [0.15, 0.2) is 18.2 Å². The molecule has 1 aliphatic carbocycles. The molecular weight excluding hydrogens is 262 g/mol. The average Bonchev–Trinajstić information content (AvgIpc) is 2.82. The lowest BCUT2D eigenvalue weighted by molar-refractivity contribution is -0.00715. The normalized spacial score (nSPS) is 26.8. The van der Waals surface area contributed by atoms with E-state index in [4.69, 9.17) is 4.74 Å². The Balaban J connectivity index is 1.69. The van der Waals surface area contributed by atoms with E-state index in [1.807, 2.05) is 18.2 Å². The second kappa shape index (κ2) is 5.36. The number of esters is 1. The molecule has 0 radical (unpaired) electrons. The fourth-order valence-electron chi connectivity index (χ4n) is 4.00. The van der Waals surface area contributed by atoms with Gasteiger partial charge in [-0.2, -0.15) is 0 Å². The zero-order valence-electron chi connectivity index (χ0n) is 13.2. The first-order valence-electron chi connectivity index (χ1n) is 8.01. The molecule has 0 spiro atoms. The molecule has 1 heterocycles. The molecule has 1 N–H and O–H groups in total. The minimum atomic E-state index is -0.167. The summed E-state index contributed by atoms with van der Waals surface area (Å²) in [4.78, 5) is 12.4. The molecule has 3 rings (SSSR count). The molecule has 21 heavy (non-hydrogen) atoms. The van der Waals surface area contributed by atoms with E-state index in [0.29, 0.717) is 11.5 Å². The first-order chi connectivity index (χ1) is 9.93. The Labute approximate surface area is 127 Å². The molecule has 0 bridgehead atoms. The highest BCUT2D eigenvalue weighted by Crippen LogP contribution is 2.40. The molecule has 1 aliphatic heterocycles. The summed E-state index contributed by atoms with van der Waals surface area (Å²) in [5.41, 5.74) is 3.33. The zero-order valence-corrected chi connectivity index (χ0v) is 13.2. The Morgan fingerprint density at radius 3 is 2.90 bits per heavy atom. The van der Waals surface area contributed by atoms with Crippen LogP contribution in [0.5, 0.6) is 0 Å². The summed E-state index contributed by atoms with van der Waals surface area (Å²) in [5.74, 6) is 0.454. The van der Waals surface area contributed by atoms with Crippen LogP contribution in [0.4, 0.5) is 5.69 Å². The summed E-state index contributed by atoms with van der Waals surface area (Å²) in [6.45, 7) is 7.75. The van der Waals surface area contributed by atoms with Crippen LogP contribution in [0.1, 0.15) is 56.0 Å². The second-order valence-corrected chi connectivity index (χ2v) is 7.49. The zero-order chi connectivity index (χ0) is 15.0. The summed E-state index contributed by atoms with van der Waals surface area (Å²) < 4.78 is 5.78. The topological polar surface area (TPSA) is 38.3 Å². The number of carbonyl (C=O) groups excluding carboxylic acids is 1. The highest BCUT2D eigenvalue weighted by atomic mass is 16.5. The molecule has 0 saturated heterocycles. The number of hydrogen-bond donors (Lipinski definition) is 1. The lowest BCUT2D eigenvalue weighted by atomic mass is 9.71. The third-order valence-corrected chi connectivity index (χ3v) is 4.67. The van der Waals surface area contributed by atoms with Gasteiger partial charge in [-0.15, -0.1) is 0 Å². The number of benzene rings is 1. The van der Waals surface area contributed by atoms with Crippen molar-refractivity contribution in [3.05, 3.63) is 29.3 Å². The van der Waals surface area contributed by atoms with Crippen LogP contribution in [-0.4, -0.2) is 18.6 Å². The van der Waals surface area contributed by atoms with Crippen LogP contribution < -0.4 is 5.32 Å². The van der Waals surface area contributed by atoms with Gasteiger partial charge in [0, 0.05) is 12.2 Å². The van der Waals surface area contributed by atoms with Crippen molar-refractivity contribution in [3.8, 4) is 0 Å². The first kappa shape index (κ1) is 14.4. The van der Waals surface area contributed by atoms with Crippen LogP contribution in [-0.2, 0) is 11.2 Å². The fourth-order valence-corrected chi connectivity index (χ4v) is 4.00. The summed E-state index contributed by atoms with van der Waals surface area (Å²) in [5, 5.41) is 3.31. The van der Waals surface area contributed by atoms with Crippen LogP contribution in [0.2, 0.25) is 0 Å². The van der Waals surface area contributed by atoms with E-state index in [1.54, 1.807) is 0 Å². The largest absolute Gasteiger partial charge is 0.459 e. The van der Waals surface area contributed by atoms with Gasteiger partial charge in [0.15, 0.2) is 0 Å². The molecule has 1 aromatic carbocycles. The Hall–Kier alpha value is -1.51. The predicted octanol–water partition coefficient (Wildman–Crippen LogP) is 4.03. The van der Waals surface area contributed by atoms with Crippen molar-refractivity contribution in [2.75, 3.05) is 11.9 Å². The van der Waals surface area contributed by atoms with Crippen molar-refractivity contribution >= 4 is 11.7 Å². The van der Waals surface area contributed by atoms with Gasteiger partial charge >= 0.3 is 5.97 Å². The van der Waals surface area contributed by atoms with Crippen molar-refractivity contribution in [2.24, 2.45) is 11.3 Å². The number of carbonyl (C=O) groups is 1. The van der Waals surface area contributed by atoms with Gasteiger partial charge in [0.1, 0.15) is 6.10 Å². The highest BCUT2D eigenvalue weighted by Gasteiger charge is 2.34. The lowest BCUT2D eigenvalue weighted by Gasteiger charge is -2.38.